The topological polar surface area (TPSA) is 59.5 Å². The van der Waals surface area contributed by atoms with Crippen LogP contribution in [0.25, 0.3) is 5.65 Å². The van der Waals surface area contributed by atoms with Gasteiger partial charge in [0, 0.05) is 6.20 Å². The summed E-state index contributed by atoms with van der Waals surface area (Å²) in [6, 6.07) is 5.27. The minimum absolute atomic E-state index is 0.160. The van der Waals surface area contributed by atoms with Crippen molar-refractivity contribution in [3.8, 4) is 0 Å². The Morgan fingerprint density at radius 2 is 2.25 bits per heavy atom. The Balaban J connectivity index is 2.17. The molecule has 2 atom stereocenters. The lowest BCUT2D eigenvalue weighted by atomic mass is 10.2. The van der Waals surface area contributed by atoms with Gasteiger partial charge in [0.1, 0.15) is 0 Å². The molecule has 16 heavy (non-hydrogen) atoms. The number of pyridine rings is 1. The monoisotopic (exact) mass is 219 g/mol. The third-order valence-corrected chi connectivity index (χ3v) is 3.21. The van der Waals surface area contributed by atoms with E-state index in [1.165, 1.54) is 9.08 Å². The third kappa shape index (κ3) is 1.28. The lowest BCUT2D eigenvalue weighted by Crippen LogP contribution is -2.29. The zero-order valence-electron chi connectivity index (χ0n) is 8.78. The highest BCUT2D eigenvalue weighted by Crippen LogP contribution is 2.28. The predicted molar refractivity (Wildman–Crippen MR) is 58.3 cm³/mol. The van der Waals surface area contributed by atoms with Gasteiger partial charge in [-0.3, -0.25) is 4.40 Å². The fourth-order valence-electron chi connectivity index (χ4n) is 2.36. The van der Waals surface area contributed by atoms with Crippen molar-refractivity contribution < 1.29 is 5.11 Å². The Kier molecular flexibility index (Phi) is 2.07. The van der Waals surface area contributed by atoms with Crippen LogP contribution in [0.3, 0.4) is 0 Å². The van der Waals surface area contributed by atoms with Crippen LogP contribution in [0.5, 0.6) is 0 Å². The molecule has 5 heteroatoms. The lowest BCUT2D eigenvalue weighted by Gasteiger charge is -2.12. The van der Waals surface area contributed by atoms with Crippen LogP contribution >= 0.6 is 0 Å². The van der Waals surface area contributed by atoms with E-state index in [0.717, 1.165) is 19.3 Å². The van der Waals surface area contributed by atoms with E-state index >= 15 is 0 Å². The summed E-state index contributed by atoms with van der Waals surface area (Å²) < 4.78 is 2.93. The molecular formula is C11H13N3O2. The number of hydrogen-bond acceptors (Lipinski definition) is 3. The van der Waals surface area contributed by atoms with Crippen LogP contribution in [0, 0.1) is 0 Å². The van der Waals surface area contributed by atoms with Crippen molar-refractivity contribution in [2.75, 3.05) is 0 Å². The van der Waals surface area contributed by atoms with E-state index in [1.807, 2.05) is 6.07 Å². The summed E-state index contributed by atoms with van der Waals surface area (Å²) in [5.41, 5.74) is 0.466. The van der Waals surface area contributed by atoms with Crippen molar-refractivity contribution in [3.63, 3.8) is 0 Å². The highest BCUT2D eigenvalue weighted by molar-refractivity contribution is 5.35. The van der Waals surface area contributed by atoms with Crippen molar-refractivity contribution in [1.29, 1.82) is 0 Å². The van der Waals surface area contributed by atoms with Gasteiger partial charge in [0.25, 0.3) is 0 Å². The van der Waals surface area contributed by atoms with E-state index in [0.29, 0.717) is 5.65 Å². The molecule has 84 valence electrons. The molecule has 5 nitrogen and oxygen atoms in total. The standard InChI is InChI=1S/C11H13N3O2/c15-9-5-3-4-8(9)14-11(16)13-7-2-1-6-10(13)12-14/h1-2,6-9,15H,3-5H2/t8-,9-/m0/s1. The Morgan fingerprint density at radius 1 is 1.38 bits per heavy atom. The van der Waals surface area contributed by atoms with E-state index in [2.05, 4.69) is 5.10 Å². The zero-order valence-corrected chi connectivity index (χ0v) is 8.78. The normalized spacial score (nSPS) is 25.3. The van der Waals surface area contributed by atoms with Gasteiger partial charge in [-0.05, 0) is 31.4 Å². The molecule has 1 saturated carbocycles. The molecule has 1 aliphatic carbocycles. The van der Waals surface area contributed by atoms with Crippen molar-refractivity contribution in [2.45, 2.75) is 31.4 Å². The van der Waals surface area contributed by atoms with Crippen LogP contribution < -0.4 is 5.69 Å². The SMILES string of the molecule is O=c1n([C@H]2CCC[C@@H]2O)nc2ccccn12. The molecule has 0 aliphatic heterocycles. The Hall–Kier alpha value is -1.62. The number of aliphatic hydroxyl groups is 1. The summed E-state index contributed by atoms with van der Waals surface area (Å²) in [5, 5.41) is 14.0. The van der Waals surface area contributed by atoms with Gasteiger partial charge in [0.2, 0.25) is 0 Å². The summed E-state index contributed by atoms with van der Waals surface area (Å²) in [4.78, 5) is 12.0. The molecule has 1 fully saturated rings. The Labute approximate surface area is 91.9 Å². The molecule has 0 unspecified atom stereocenters. The number of nitrogens with zero attached hydrogens (tertiary/aromatic N) is 3. The number of aromatic nitrogens is 3. The minimum Gasteiger partial charge on any atom is -0.391 e. The molecule has 0 saturated heterocycles. The van der Waals surface area contributed by atoms with E-state index in [9.17, 15) is 9.90 Å². The maximum Gasteiger partial charge on any atom is 0.350 e. The third-order valence-electron chi connectivity index (χ3n) is 3.21. The quantitative estimate of drug-likeness (QED) is 0.763. The molecular weight excluding hydrogens is 206 g/mol. The van der Waals surface area contributed by atoms with Crippen LogP contribution in [0.15, 0.2) is 29.2 Å². The number of aliphatic hydroxyl groups excluding tert-OH is 1. The first-order valence-corrected chi connectivity index (χ1v) is 5.51. The van der Waals surface area contributed by atoms with Gasteiger partial charge in [-0.15, -0.1) is 5.10 Å². The number of hydrogen-bond donors (Lipinski definition) is 1. The average Bonchev–Trinajstić information content (AvgIpc) is 2.84. The largest absolute Gasteiger partial charge is 0.391 e. The van der Waals surface area contributed by atoms with Gasteiger partial charge in [0.05, 0.1) is 12.1 Å². The molecule has 1 aliphatic rings. The van der Waals surface area contributed by atoms with Crippen molar-refractivity contribution in [2.24, 2.45) is 0 Å². The summed E-state index contributed by atoms with van der Waals surface area (Å²) in [6.45, 7) is 0. The van der Waals surface area contributed by atoms with Gasteiger partial charge >= 0.3 is 5.69 Å². The van der Waals surface area contributed by atoms with Gasteiger partial charge in [-0.2, -0.15) is 0 Å². The number of rotatable bonds is 1. The van der Waals surface area contributed by atoms with Crippen molar-refractivity contribution >= 4 is 5.65 Å². The highest BCUT2D eigenvalue weighted by atomic mass is 16.3. The van der Waals surface area contributed by atoms with Crippen molar-refractivity contribution in [1.82, 2.24) is 14.2 Å². The maximum atomic E-state index is 12.0. The first kappa shape index (κ1) is 9.59. The molecule has 2 aromatic heterocycles. The van der Waals surface area contributed by atoms with Gasteiger partial charge in [-0.1, -0.05) is 6.07 Å². The minimum atomic E-state index is -0.442. The first-order chi connectivity index (χ1) is 7.77. The first-order valence-electron chi connectivity index (χ1n) is 5.51. The molecule has 3 rings (SSSR count). The van der Waals surface area contributed by atoms with Gasteiger partial charge in [-0.25, -0.2) is 9.48 Å². The lowest BCUT2D eigenvalue weighted by molar-refractivity contribution is 0.128. The summed E-state index contributed by atoms with van der Waals surface area (Å²) in [5.74, 6) is 0. The van der Waals surface area contributed by atoms with E-state index in [4.69, 9.17) is 0 Å². The molecule has 0 aromatic carbocycles. The second-order valence-electron chi connectivity index (χ2n) is 4.22. The van der Waals surface area contributed by atoms with E-state index in [1.54, 1.807) is 18.3 Å². The second-order valence-corrected chi connectivity index (χ2v) is 4.22. The van der Waals surface area contributed by atoms with Gasteiger partial charge < -0.3 is 5.11 Å². The summed E-state index contributed by atoms with van der Waals surface area (Å²) in [7, 11) is 0. The molecule has 2 heterocycles. The fraction of sp³-hybridized carbons (Fsp3) is 0.455. The fourth-order valence-corrected chi connectivity index (χ4v) is 2.36. The summed E-state index contributed by atoms with van der Waals surface area (Å²) >= 11 is 0. The van der Waals surface area contributed by atoms with Crippen LogP contribution in [0.4, 0.5) is 0 Å². The molecule has 0 amide bonds. The zero-order chi connectivity index (χ0) is 11.1. The van der Waals surface area contributed by atoms with Crippen molar-refractivity contribution in [3.05, 3.63) is 34.9 Å². The van der Waals surface area contributed by atoms with Crippen LogP contribution in [-0.4, -0.2) is 25.4 Å². The van der Waals surface area contributed by atoms with Crippen LogP contribution in [0.1, 0.15) is 25.3 Å². The molecule has 0 bridgehead atoms. The Morgan fingerprint density at radius 3 is 2.94 bits per heavy atom. The molecule has 0 spiro atoms. The molecule has 2 aromatic rings. The molecule has 0 radical (unpaired) electrons. The maximum absolute atomic E-state index is 12.0. The Bertz CT molecular complexity index is 572. The predicted octanol–water partition coefficient (Wildman–Crippen LogP) is 0.582. The smallest absolute Gasteiger partial charge is 0.350 e. The van der Waals surface area contributed by atoms with Crippen LogP contribution in [0.2, 0.25) is 0 Å². The van der Waals surface area contributed by atoms with E-state index in [-0.39, 0.29) is 11.7 Å². The highest BCUT2D eigenvalue weighted by Gasteiger charge is 2.29. The average molecular weight is 219 g/mol. The van der Waals surface area contributed by atoms with Crippen LogP contribution in [-0.2, 0) is 0 Å². The van der Waals surface area contributed by atoms with Gasteiger partial charge in [0.15, 0.2) is 5.65 Å². The summed E-state index contributed by atoms with van der Waals surface area (Å²) in [6.07, 6.45) is 3.78. The second kappa shape index (κ2) is 3.45. The number of fused-ring (bicyclic) bond motifs is 1. The van der Waals surface area contributed by atoms with E-state index < -0.39 is 6.10 Å². The molecule has 1 N–H and O–H groups in total.